The summed E-state index contributed by atoms with van der Waals surface area (Å²) in [5.74, 6) is 0.712. The number of imidazole rings is 1. The van der Waals surface area contributed by atoms with Crippen LogP contribution in [0.1, 0.15) is 6.42 Å². The van der Waals surface area contributed by atoms with E-state index < -0.39 is 6.09 Å². The Morgan fingerprint density at radius 3 is 3.16 bits per heavy atom. The number of rotatable bonds is 2. The minimum Gasteiger partial charge on any atom is -0.486 e. The molecule has 0 aromatic carbocycles. The molecule has 2 aromatic heterocycles. The van der Waals surface area contributed by atoms with E-state index in [0.29, 0.717) is 25.3 Å². The molecule has 100 valence electrons. The Hall–Kier alpha value is -1.76. The van der Waals surface area contributed by atoms with Crippen molar-refractivity contribution in [2.24, 2.45) is 0 Å². The van der Waals surface area contributed by atoms with E-state index in [-0.39, 0.29) is 6.10 Å². The number of aromatic nitrogens is 2. The lowest BCUT2D eigenvalue weighted by Gasteiger charge is -2.15. The molecule has 1 aliphatic rings. The quantitative estimate of drug-likeness (QED) is 0.919. The highest BCUT2D eigenvalue weighted by molar-refractivity contribution is 9.10. The van der Waals surface area contributed by atoms with Gasteiger partial charge in [-0.15, -0.1) is 0 Å². The van der Waals surface area contributed by atoms with Crippen molar-refractivity contribution in [2.75, 3.05) is 13.1 Å². The predicted molar refractivity (Wildman–Crippen MR) is 71.5 cm³/mol. The molecule has 6 nitrogen and oxygen atoms in total. The second-order valence-electron chi connectivity index (χ2n) is 4.47. The third-order valence-corrected chi connectivity index (χ3v) is 3.59. The maximum atomic E-state index is 10.9. The molecule has 19 heavy (non-hydrogen) atoms. The average molecular weight is 326 g/mol. The van der Waals surface area contributed by atoms with Crippen LogP contribution in [0, 0.1) is 0 Å². The van der Waals surface area contributed by atoms with Crippen molar-refractivity contribution in [1.82, 2.24) is 14.3 Å². The molecule has 3 rings (SSSR count). The number of fused-ring (bicyclic) bond motifs is 1. The fraction of sp³-hybridized carbons (Fsp3) is 0.333. The van der Waals surface area contributed by atoms with E-state index >= 15 is 0 Å². The molecule has 1 saturated heterocycles. The van der Waals surface area contributed by atoms with Gasteiger partial charge in [-0.2, -0.15) is 0 Å². The molecule has 0 aliphatic carbocycles. The Labute approximate surface area is 117 Å². The number of hydrogen-bond acceptors (Lipinski definition) is 3. The Bertz CT molecular complexity index is 628. The minimum atomic E-state index is -0.894. The number of ether oxygens (including phenoxy) is 1. The Kier molecular flexibility index (Phi) is 3.06. The van der Waals surface area contributed by atoms with Gasteiger partial charge in [0, 0.05) is 23.6 Å². The fourth-order valence-electron chi connectivity index (χ4n) is 2.24. The van der Waals surface area contributed by atoms with Gasteiger partial charge in [0.05, 0.1) is 19.1 Å². The monoisotopic (exact) mass is 325 g/mol. The number of nitrogens with zero attached hydrogens (tertiary/aromatic N) is 3. The number of carbonyl (C=O) groups is 1. The summed E-state index contributed by atoms with van der Waals surface area (Å²) >= 11 is 3.42. The number of pyridine rings is 1. The number of carboxylic acid groups (broad SMARTS) is 1. The highest BCUT2D eigenvalue weighted by atomic mass is 79.9. The van der Waals surface area contributed by atoms with Gasteiger partial charge >= 0.3 is 6.09 Å². The summed E-state index contributed by atoms with van der Waals surface area (Å²) in [4.78, 5) is 16.3. The first-order valence-corrected chi connectivity index (χ1v) is 6.68. The van der Waals surface area contributed by atoms with Gasteiger partial charge in [-0.05, 0) is 22.0 Å². The smallest absolute Gasteiger partial charge is 0.407 e. The van der Waals surface area contributed by atoms with Gasteiger partial charge < -0.3 is 19.1 Å². The molecule has 0 spiro atoms. The van der Waals surface area contributed by atoms with Crippen LogP contribution >= 0.6 is 15.9 Å². The lowest BCUT2D eigenvalue weighted by Crippen LogP contribution is -2.29. The van der Waals surface area contributed by atoms with Crippen LogP contribution in [0.3, 0.4) is 0 Å². The van der Waals surface area contributed by atoms with Crippen LogP contribution in [0.4, 0.5) is 4.79 Å². The fourth-order valence-corrected chi connectivity index (χ4v) is 2.67. The van der Waals surface area contributed by atoms with Gasteiger partial charge in [0.1, 0.15) is 17.4 Å². The van der Waals surface area contributed by atoms with Crippen molar-refractivity contribution in [3.05, 3.63) is 29.3 Å². The molecule has 1 aliphatic heterocycles. The maximum Gasteiger partial charge on any atom is 0.407 e. The normalized spacial score (nSPS) is 19.0. The summed E-state index contributed by atoms with van der Waals surface area (Å²) < 4.78 is 8.67. The van der Waals surface area contributed by atoms with Crippen molar-refractivity contribution >= 4 is 27.5 Å². The summed E-state index contributed by atoms with van der Waals surface area (Å²) in [7, 11) is 0. The molecule has 2 aromatic rings. The number of halogens is 1. The topological polar surface area (TPSA) is 67.1 Å². The Morgan fingerprint density at radius 1 is 1.58 bits per heavy atom. The van der Waals surface area contributed by atoms with Crippen LogP contribution in [-0.2, 0) is 0 Å². The number of amides is 1. The SMILES string of the molecule is O=C(O)N1CCC(Oc2cc(Br)cn3cncc23)C1. The van der Waals surface area contributed by atoms with E-state index in [1.54, 1.807) is 12.5 Å². The number of likely N-dealkylation sites (tertiary alicyclic amines) is 1. The van der Waals surface area contributed by atoms with E-state index in [9.17, 15) is 4.79 Å². The van der Waals surface area contributed by atoms with Crippen molar-refractivity contribution in [1.29, 1.82) is 0 Å². The molecule has 1 unspecified atom stereocenters. The van der Waals surface area contributed by atoms with Gasteiger partial charge in [-0.3, -0.25) is 0 Å². The van der Waals surface area contributed by atoms with Crippen LogP contribution in [-0.4, -0.2) is 44.7 Å². The van der Waals surface area contributed by atoms with Crippen molar-refractivity contribution in [3.63, 3.8) is 0 Å². The molecule has 0 radical (unpaired) electrons. The zero-order valence-corrected chi connectivity index (χ0v) is 11.6. The largest absolute Gasteiger partial charge is 0.486 e. The molecule has 0 bridgehead atoms. The van der Waals surface area contributed by atoms with E-state index in [1.165, 1.54) is 4.90 Å². The van der Waals surface area contributed by atoms with Crippen LogP contribution in [0.2, 0.25) is 0 Å². The molecular formula is C12H12BrN3O3. The zero-order valence-electron chi connectivity index (χ0n) is 9.99. The zero-order chi connectivity index (χ0) is 13.4. The second-order valence-corrected chi connectivity index (χ2v) is 5.38. The highest BCUT2D eigenvalue weighted by Gasteiger charge is 2.27. The first kappa shape index (κ1) is 12.3. The second kappa shape index (κ2) is 4.73. The van der Waals surface area contributed by atoms with E-state index in [1.807, 2.05) is 16.7 Å². The van der Waals surface area contributed by atoms with E-state index in [4.69, 9.17) is 9.84 Å². The lowest BCUT2D eigenvalue weighted by atomic mass is 10.3. The van der Waals surface area contributed by atoms with Crippen molar-refractivity contribution in [3.8, 4) is 5.75 Å². The van der Waals surface area contributed by atoms with Crippen LogP contribution in [0.5, 0.6) is 5.75 Å². The van der Waals surface area contributed by atoms with Crippen LogP contribution in [0.15, 0.2) is 29.3 Å². The van der Waals surface area contributed by atoms with Gasteiger partial charge in [0.2, 0.25) is 0 Å². The summed E-state index contributed by atoms with van der Waals surface area (Å²) in [5.41, 5.74) is 0.872. The first-order valence-electron chi connectivity index (χ1n) is 5.89. The maximum absolute atomic E-state index is 10.9. The molecule has 0 saturated carbocycles. The van der Waals surface area contributed by atoms with Crippen molar-refractivity contribution < 1.29 is 14.6 Å². The van der Waals surface area contributed by atoms with Gasteiger partial charge in [-0.1, -0.05) is 0 Å². The molecule has 1 N–H and O–H groups in total. The lowest BCUT2D eigenvalue weighted by molar-refractivity contribution is 0.146. The predicted octanol–water partition coefficient (Wildman–Crippen LogP) is 2.23. The van der Waals surface area contributed by atoms with Gasteiger partial charge in [0.25, 0.3) is 0 Å². The molecule has 3 heterocycles. The van der Waals surface area contributed by atoms with E-state index in [0.717, 1.165) is 9.99 Å². The van der Waals surface area contributed by atoms with Crippen LogP contribution in [0.25, 0.3) is 5.52 Å². The number of hydrogen-bond donors (Lipinski definition) is 1. The third kappa shape index (κ3) is 2.37. The molecular weight excluding hydrogens is 314 g/mol. The van der Waals surface area contributed by atoms with Gasteiger partial charge in [0.15, 0.2) is 0 Å². The first-order chi connectivity index (χ1) is 9.13. The molecule has 1 amide bonds. The van der Waals surface area contributed by atoms with E-state index in [2.05, 4.69) is 20.9 Å². The standard InChI is InChI=1S/C12H12BrN3O3/c13-8-3-11(10-4-14-7-16(10)5-8)19-9-1-2-15(6-9)12(17)18/h3-5,7,9H,1-2,6H2,(H,17,18). The molecule has 7 heteroatoms. The third-order valence-electron chi connectivity index (χ3n) is 3.16. The summed E-state index contributed by atoms with van der Waals surface area (Å²) in [6.45, 7) is 0.922. The Morgan fingerprint density at radius 2 is 2.42 bits per heavy atom. The average Bonchev–Trinajstić information content (AvgIpc) is 2.96. The minimum absolute atomic E-state index is 0.107. The Balaban J connectivity index is 1.82. The molecule has 1 fully saturated rings. The summed E-state index contributed by atoms with van der Waals surface area (Å²) in [5, 5.41) is 8.93. The summed E-state index contributed by atoms with van der Waals surface area (Å²) in [6.07, 6.45) is 5.03. The van der Waals surface area contributed by atoms with Crippen LogP contribution < -0.4 is 4.74 Å². The van der Waals surface area contributed by atoms with Gasteiger partial charge in [-0.25, -0.2) is 9.78 Å². The van der Waals surface area contributed by atoms with Crippen molar-refractivity contribution in [2.45, 2.75) is 12.5 Å². The highest BCUT2D eigenvalue weighted by Crippen LogP contribution is 2.27. The molecule has 1 atom stereocenters. The summed E-state index contributed by atoms with van der Waals surface area (Å²) in [6, 6.07) is 1.88.